The minimum Gasteiger partial charge on any atom is -0.453 e. The van der Waals surface area contributed by atoms with Crippen molar-refractivity contribution in [1.29, 1.82) is 0 Å². The first-order valence-corrected chi connectivity index (χ1v) is 10.4. The third-order valence-electron chi connectivity index (χ3n) is 5.23. The highest BCUT2D eigenvalue weighted by Crippen LogP contribution is 2.25. The van der Waals surface area contributed by atoms with Gasteiger partial charge in [-0.3, -0.25) is 19.5 Å². The van der Waals surface area contributed by atoms with E-state index in [4.69, 9.17) is 4.74 Å². The zero-order valence-corrected chi connectivity index (χ0v) is 17.2. The molecule has 4 rings (SSSR count). The topological polar surface area (TPSA) is 74.8 Å². The number of halogens is 1. The SMILES string of the molecule is O=C(CN1CCN(C(=O)/C=C/c2ccc(Oc3cccnc3)c(F)c2)CC1)NC1CC1. The van der Waals surface area contributed by atoms with Gasteiger partial charge in [0, 0.05) is 44.5 Å². The summed E-state index contributed by atoms with van der Waals surface area (Å²) in [7, 11) is 0. The van der Waals surface area contributed by atoms with Crippen LogP contribution in [0.25, 0.3) is 6.08 Å². The Balaban J connectivity index is 1.26. The van der Waals surface area contributed by atoms with Crippen LogP contribution in [0.5, 0.6) is 11.5 Å². The van der Waals surface area contributed by atoms with E-state index in [1.807, 2.05) is 0 Å². The molecule has 1 aromatic carbocycles. The second-order valence-corrected chi connectivity index (χ2v) is 7.76. The van der Waals surface area contributed by atoms with Crippen LogP contribution in [0, 0.1) is 5.82 Å². The molecule has 162 valence electrons. The minimum atomic E-state index is -0.517. The van der Waals surface area contributed by atoms with Crippen LogP contribution in [-0.2, 0) is 9.59 Å². The van der Waals surface area contributed by atoms with Gasteiger partial charge in [-0.15, -0.1) is 0 Å². The largest absolute Gasteiger partial charge is 0.453 e. The van der Waals surface area contributed by atoms with Gasteiger partial charge in [-0.05, 0) is 48.7 Å². The van der Waals surface area contributed by atoms with Gasteiger partial charge in [0.15, 0.2) is 11.6 Å². The number of rotatable bonds is 7. The van der Waals surface area contributed by atoms with E-state index >= 15 is 0 Å². The van der Waals surface area contributed by atoms with Crippen LogP contribution in [0.2, 0.25) is 0 Å². The number of carbonyl (C=O) groups excluding carboxylic acids is 2. The number of benzene rings is 1. The molecule has 8 heteroatoms. The maximum absolute atomic E-state index is 14.3. The van der Waals surface area contributed by atoms with E-state index in [-0.39, 0.29) is 17.6 Å². The number of piperazine rings is 1. The summed E-state index contributed by atoms with van der Waals surface area (Å²) in [5, 5.41) is 2.98. The van der Waals surface area contributed by atoms with Gasteiger partial charge in [0.2, 0.25) is 11.8 Å². The molecule has 1 aliphatic carbocycles. The second kappa shape index (κ2) is 9.70. The van der Waals surface area contributed by atoms with Gasteiger partial charge in [0.1, 0.15) is 5.75 Å². The third kappa shape index (κ3) is 6.11. The van der Waals surface area contributed by atoms with Gasteiger partial charge >= 0.3 is 0 Å². The Kier molecular flexibility index (Phi) is 6.57. The highest BCUT2D eigenvalue weighted by Gasteiger charge is 2.25. The van der Waals surface area contributed by atoms with Gasteiger partial charge in [0.05, 0.1) is 12.7 Å². The molecule has 0 bridgehead atoms. The smallest absolute Gasteiger partial charge is 0.246 e. The number of nitrogens with one attached hydrogen (secondary N) is 1. The number of carbonyl (C=O) groups is 2. The first kappa shape index (κ1) is 21.0. The lowest BCUT2D eigenvalue weighted by Gasteiger charge is -2.33. The average molecular weight is 424 g/mol. The van der Waals surface area contributed by atoms with E-state index in [1.165, 1.54) is 24.4 Å². The summed E-state index contributed by atoms with van der Waals surface area (Å²) in [4.78, 5) is 32.1. The Hall–Kier alpha value is -3.26. The van der Waals surface area contributed by atoms with Crippen molar-refractivity contribution in [3.8, 4) is 11.5 Å². The predicted octanol–water partition coefficient (Wildman–Crippen LogP) is 2.45. The molecule has 0 spiro atoms. The second-order valence-electron chi connectivity index (χ2n) is 7.76. The summed E-state index contributed by atoms with van der Waals surface area (Å²) in [5.74, 6) is -0.0442. The van der Waals surface area contributed by atoms with Gasteiger partial charge in [0.25, 0.3) is 0 Å². The van der Waals surface area contributed by atoms with Gasteiger partial charge in [-0.2, -0.15) is 0 Å². The van der Waals surface area contributed by atoms with E-state index in [1.54, 1.807) is 35.4 Å². The summed E-state index contributed by atoms with van der Waals surface area (Å²) in [5.41, 5.74) is 0.569. The molecule has 2 aromatic rings. The van der Waals surface area contributed by atoms with Crippen molar-refractivity contribution in [1.82, 2.24) is 20.1 Å². The summed E-state index contributed by atoms with van der Waals surface area (Å²) < 4.78 is 19.8. The highest BCUT2D eigenvalue weighted by molar-refractivity contribution is 5.91. The van der Waals surface area contributed by atoms with Crippen LogP contribution in [0.1, 0.15) is 18.4 Å². The fourth-order valence-corrected chi connectivity index (χ4v) is 3.34. The molecule has 0 atom stereocenters. The lowest BCUT2D eigenvalue weighted by atomic mass is 10.2. The van der Waals surface area contributed by atoms with E-state index in [0.717, 1.165) is 12.8 Å². The van der Waals surface area contributed by atoms with Crippen LogP contribution < -0.4 is 10.1 Å². The van der Waals surface area contributed by atoms with Gasteiger partial charge < -0.3 is 15.0 Å². The molecule has 2 amide bonds. The molecule has 1 aromatic heterocycles. The third-order valence-corrected chi connectivity index (χ3v) is 5.23. The number of amides is 2. The molecule has 2 aliphatic rings. The Labute approximate surface area is 180 Å². The van der Waals surface area contributed by atoms with Crippen molar-refractivity contribution < 1.29 is 18.7 Å². The molecular formula is C23H25FN4O3. The Bertz CT molecular complexity index is 955. The van der Waals surface area contributed by atoms with Gasteiger partial charge in [-0.1, -0.05) is 6.07 Å². The van der Waals surface area contributed by atoms with Gasteiger partial charge in [-0.25, -0.2) is 4.39 Å². The molecule has 2 heterocycles. The molecule has 7 nitrogen and oxygen atoms in total. The van der Waals surface area contributed by atoms with Crippen LogP contribution >= 0.6 is 0 Å². The number of nitrogens with zero attached hydrogens (tertiary/aromatic N) is 3. The summed E-state index contributed by atoms with van der Waals surface area (Å²) >= 11 is 0. The lowest BCUT2D eigenvalue weighted by molar-refractivity contribution is -0.128. The normalized spacial score (nSPS) is 17.0. The first-order valence-electron chi connectivity index (χ1n) is 10.4. The lowest BCUT2D eigenvalue weighted by Crippen LogP contribution is -2.51. The van der Waals surface area contributed by atoms with E-state index in [2.05, 4.69) is 15.2 Å². The monoisotopic (exact) mass is 424 g/mol. The summed E-state index contributed by atoms with van der Waals surface area (Å²) in [6, 6.07) is 8.30. The average Bonchev–Trinajstić information content (AvgIpc) is 3.59. The number of pyridine rings is 1. The van der Waals surface area contributed by atoms with E-state index < -0.39 is 5.82 Å². The molecule has 1 N–H and O–H groups in total. The molecule has 1 aliphatic heterocycles. The first-order chi connectivity index (χ1) is 15.1. The van der Waals surface area contributed by atoms with Crippen molar-refractivity contribution in [2.75, 3.05) is 32.7 Å². The van der Waals surface area contributed by atoms with Crippen LogP contribution in [0.4, 0.5) is 4.39 Å². The summed E-state index contributed by atoms with van der Waals surface area (Å²) in [6.07, 6.45) is 8.31. The fraction of sp³-hybridized carbons (Fsp3) is 0.348. The Morgan fingerprint density at radius 2 is 2.00 bits per heavy atom. The Morgan fingerprint density at radius 3 is 2.68 bits per heavy atom. The van der Waals surface area contributed by atoms with Crippen molar-refractivity contribution in [2.24, 2.45) is 0 Å². The Morgan fingerprint density at radius 1 is 1.19 bits per heavy atom. The molecule has 1 saturated carbocycles. The molecular weight excluding hydrogens is 399 g/mol. The van der Waals surface area contributed by atoms with E-state index in [0.29, 0.717) is 50.1 Å². The molecule has 0 radical (unpaired) electrons. The molecule has 2 fully saturated rings. The molecule has 0 unspecified atom stereocenters. The number of hydrogen-bond acceptors (Lipinski definition) is 5. The molecule has 31 heavy (non-hydrogen) atoms. The zero-order chi connectivity index (χ0) is 21.6. The number of aromatic nitrogens is 1. The number of hydrogen-bond donors (Lipinski definition) is 1. The van der Waals surface area contributed by atoms with Crippen molar-refractivity contribution in [3.63, 3.8) is 0 Å². The van der Waals surface area contributed by atoms with Crippen LogP contribution in [0.15, 0.2) is 48.8 Å². The maximum atomic E-state index is 14.3. The van der Waals surface area contributed by atoms with E-state index in [9.17, 15) is 14.0 Å². The highest BCUT2D eigenvalue weighted by atomic mass is 19.1. The fourth-order valence-electron chi connectivity index (χ4n) is 3.34. The van der Waals surface area contributed by atoms with Crippen molar-refractivity contribution >= 4 is 17.9 Å². The van der Waals surface area contributed by atoms with Crippen molar-refractivity contribution in [3.05, 3.63) is 60.2 Å². The van der Waals surface area contributed by atoms with Crippen LogP contribution in [0.3, 0.4) is 0 Å². The molecule has 1 saturated heterocycles. The van der Waals surface area contributed by atoms with Crippen molar-refractivity contribution in [2.45, 2.75) is 18.9 Å². The quantitative estimate of drug-likeness (QED) is 0.691. The summed E-state index contributed by atoms with van der Waals surface area (Å²) in [6.45, 7) is 2.82. The van der Waals surface area contributed by atoms with Crippen LogP contribution in [-0.4, -0.2) is 65.4 Å². The standard InChI is InChI=1S/C23H25FN4O3/c24-20-14-17(3-7-21(20)31-19-2-1-9-25-15-19)4-8-23(30)28-12-10-27(11-13-28)16-22(29)26-18-5-6-18/h1-4,7-9,14-15,18H,5-6,10-13,16H2,(H,26,29)/b8-4+. The number of ether oxygens (including phenoxy) is 1. The minimum absolute atomic E-state index is 0.0557. The zero-order valence-electron chi connectivity index (χ0n) is 17.2. The maximum Gasteiger partial charge on any atom is 0.246 e. The predicted molar refractivity (Wildman–Crippen MR) is 114 cm³/mol.